The van der Waals surface area contributed by atoms with E-state index in [0.29, 0.717) is 10.6 Å². The van der Waals surface area contributed by atoms with Crippen LogP contribution < -0.4 is 5.32 Å². The third-order valence-electron chi connectivity index (χ3n) is 2.01. The Kier molecular flexibility index (Phi) is 3.74. The number of methoxy groups -OCH3 is 1. The lowest BCUT2D eigenvalue weighted by molar-refractivity contribution is -0.133. The van der Waals surface area contributed by atoms with Gasteiger partial charge in [-0.2, -0.15) is 0 Å². The molecule has 0 radical (unpaired) electrons. The van der Waals surface area contributed by atoms with Gasteiger partial charge in [-0.1, -0.05) is 18.2 Å². The first kappa shape index (κ1) is 11.6. The predicted molar refractivity (Wildman–Crippen MR) is 62.0 cm³/mol. The Labute approximate surface area is 93.7 Å². The highest BCUT2D eigenvalue weighted by Crippen LogP contribution is 2.26. The molecule has 0 unspecified atom stereocenters. The number of anilines is 1. The fourth-order valence-corrected chi connectivity index (χ4v) is 1.39. The molecule has 0 atom stereocenters. The van der Waals surface area contributed by atoms with Crippen molar-refractivity contribution in [3.05, 3.63) is 35.4 Å². The monoisotopic (exact) mass is 225 g/mol. The van der Waals surface area contributed by atoms with Crippen LogP contribution in [0, 0.1) is 0 Å². The van der Waals surface area contributed by atoms with Gasteiger partial charge in [-0.25, -0.2) is 4.79 Å². The van der Waals surface area contributed by atoms with E-state index >= 15 is 0 Å². The highest BCUT2D eigenvalue weighted by Gasteiger charge is 2.13. The number of benzene rings is 1. The van der Waals surface area contributed by atoms with Gasteiger partial charge >= 0.3 is 5.97 Å². The molecule has 0 spiro atoms. The average molecular weight is 226 g/mol. The Bertz CT molecular complexity index is 402. The summed E-state index contributed by atoms with van der Waals surface area (Å²) in [5, 5.41) is 3.51. The van der Waals surface area contributed by atoms with E-state index in [1.54, 1.807) is 25.2 Å². The highest BCUT2D eigenvalue weighted by atomic mass is 35.5. The van der Waals surface area contributed by atoms with Crippen molar-refractivity contribution >= 4 is 28.8 Å². The lowest BCUT2D eigenvalue weighted by Gasteiger charge is -2.10. The average Bonchev–Trinajstić information content (AvgIpc) is 2.27. The summed E-state index contributed by atoms with van der Waals surface area (Å²) in [4.78, 5) is 11.3. The first-order chi connectivity index (χ1) is 7.10. The van der Waals surface area contributed by atoms with Gasteiger partial charge in [-0.3, -0.25) is 0 Å². The van der Waals surface area contributed by atoms with Crippen LogP contribution in [0.15, 0.2) is 24.8 Å². The molecule has 1 aromatic rings. The zero-order chi connectivity index (χ0) is 11.4. The van der Waals surface area contributed by atoms with Gasteiger partial charge in [0.25, 0.3) is 0 Å². The lowest BCUT2D eigenvalue weighted by Crippen LogP contribution is -2.05. The second-order valence-corrected chi connectivity index (χ2v) is 3.35. The first-order valence-corrected chi connectivity index (χ1v) is 4.73. The van der Waals surface area contributed by atoms with E-state index < -0.39 is 5.97 Å². The van der Waals surface area contributed by atoms with Gasteiger partial charge in [-0.15, -0.1) is 0 Å². The van der Waals surface area contributed by atoms with Crippen LogP contribution in [0.2, 0.25) is 5.02 Å². The normalized spacial score (nSPS) is 9.53. The zero-order valence-corrected chi connectivity index (χ0v) is 9.39. The van der Waals surface area contributed by atoms with E-state index in [9.17, 15) is 4.79 Å². The molecule has 1 rings (SSSR count). The van der Waals surface area contributed by atoms with Crippen molar-refractivity contribution in [3.63, 3.8) is 0 Å². The number of hydrogen-bond acceptors (Lipinski definition) is 3. The van der Waals surface area contributed by atoms with Crippen molar-refractivity contribution < 1.29 is 9.53 Å². The Morgan fingerprint density at radius 2 is 2.20 bits per heavy atom. The Balaban J connectivity index is 3.17. The van der Waals surface area contributed by atoms with Crippen LogP contribution in [-0.2, 0) is 9.53 Å². The Morgan fingerprint density at radius 1 is 1.53 bits per heavy atom. The zero-order valence-electron chi connectivity index (χ0n) is 8.63. The van der Waals surface area contributed by atoms with Crippen LogP contribution in [0.4, 0.5) is 5.69 Å². The molecule has 0 fully saturated rings. The standard InChI is InChI=1S/C11H12ClNO2/c1-7(11(14)15-3)9-6-8(12)4-5-10(9)13-2/h4-6,13H,1H2,2-3H3. The molecule has 80 valence electrons. The molecule has 1 N–H and O–H groups in total. The van der Waals surface area contributed by atoms with E-state index in [0.717, 1.165) is 5.69 Å². The third kappa shape index (κ3) is 2.50. The summed E-state index contributed by atoms with van der Waals surface area (Å²) >= 11 is 5.84. The van der Waals surface area contributed by atoms with Crippen molar-refractivity contribution in [2.45, 2.75) is 0 Å². The van der Waals surface area contributed by atoms with E-state index in [2.05, 4.69) is 16.6 Å². The van der Waals surface area contributed by atoms with E-state index in [1.807, 2.05) is 0 Å². The molecule has 0 aliphatic carbocycles. The summed E-state index contributed by atoms with van der Waals surface area (Å²) in [5.74, 6) is -0.464. The maximum atomic E-state index is 11.3. The van der Waals surface area contributed by atoms with Crippen LogP contribution >= 0.6 is 11.6 Å². The number of nitrogens with one attached hydrogen (secondary N) is 1. The van der Waals surface area contributed by atoms with Gasteiger partial charge in [0, 0.05) is 23.3 Å². The lowest BCUT2D eigenvalue weighted by atomic mass is 10.1. The molecular weight excluding hydrogens is 214 g/mol. The van der Waals surface area contributed by atoms with E-state index in [4.69, 9.17) is 11.6 Å². The SMILES string of the molecule is C=C(C(=O)OC)c1cc(Cl)ccc1NC. The van der Waals surface area contributed by atoms with Crippen molar-refractivity contribution in [1.82, 2.24) is 0 Å². The molecule has 0 heterocycles. The van der Waals surface area contributed by atoms with Crippen molar-refractivity contribution in [3.8, 4) is 0 Å². The van der Waals surface area contributed by atoms with Crippen molar-refractivity contribution in [2.75, 3.05) is 19.5 Å². The van der Waals surface area contributed by atoms with Gasteiger partial charge in [0.15, 0.2) is 0 Å². The maximum absolute atomic E-state index is 11.3. The minimum Gasteiger partial charge on any atom is -0.465 e. The molecule has 0 saturated carbocycles. The first-order valence-electron chi connectivity index (χ1n) is 4.35. The fraction of sp³-hybridized carbons (Fsp3) is 0.182. The molecule has 0 aliphatic heterocycles. The molecule has 4 heteroatoms. The van der Waals surface area contributed by atoms with Crippen LogP contribution in [0.5, 0.6) is 0 Å². The minimum absolute atomic E-state index is 0.282. The Morgan fingerprint density at radius 3 is 2.73 bits per heavy atom. The summed E-state index contributed by atoms with van der Waals surface area (Å²) < 4.78 is 4.60. The molecule has 0 amide bonds. The molecule has 15 heavy (non-hydrogen) atoms. The third-order valence-corrected chi connectivity index (χ3v) is 2.24. The van der Waals surface area contributed by atoms with Crippen LogP contribution in [0.3, 0.4) is 0 Å². The maximum Gasteiger partial charge on any atom is 0.337 e. The highest BCUT2D eigenvalue weighted by molar-refractivity contribution is 6.31. The molecule has 0 aliphatic rings. The summed E-state index contributed by atoms with van der Waals surface area (Å²) in [6, 6.07) is 5.19. The number of hydrogen-bond donors (Lipinski definition) is 1. The van der Waals surface area contributed by atoms with Crippen LogP contribution in [0.25, 0.3) is 5.57 Å². The topological polar surface area (TPSA) is 38.3 Å². The predicted octanol–water partition coefficient (Wildman–Crippen LogP) is 2.57. The minimum atomic E-state index is -0.464. The van der Waals surface area contributed by atoms with Gasteiger partial charge in [0.1, 0.15) is 0 Å². The molecule has 3 nitrogen and oxygen atoms in total. The molecular formula is C11H12ClNO2. The van der Waals surface area contributed by atoms with Gasteiger partial charge < -0.3 is 10.1 Å². The smallest absolute Gasteiger partial charge is 0.337 e. The molecule has 0 bridgehead atoms. The summed E-state index contributed by atoms with van der Waals surface area (Å²) in [6.07, 6.45) is 0. The molecule has 0 aromatic heterocycles. The number of esters is 1. The Hall–Kier alpha value is -1.48. The van der Waals surface area contributed by atoms with Crippen LogP contribution in [-0.4, -0.2) is 20.1 Å². The fourth-order valence-electron chi connectivity index (χ4n) is 1.22. The van der Waals surface area contributed by atoms with E-state index in [1.165, 1.54) is 7.11 Å². The largest absolute Gasteiger partial charge is 0.465 e. The summed E-state index contributed by atoms with van der Waals surface area (Å²) in [7, 11) is 3.08. The van der Waals surface area contributed by atoms with Crippen molar-refractivity contribution in [1.29, 1.82) is 0 Å². The second-order valence-electron chi connectivity index (χ2n) is 2.91. The van der Waals surface area contributed by atoms with Gasteiger partial charge in [0.2, 0.25) is 0 Å². The molecule has 0 saturated heterocycles. The van der Waals surface area contributed by atoms with Crippen molar-refractivity contribution in [2.24, 2.45) is 0 Å². The number of rotatable bonds is 3. The number of halogens is 1. The quantitative estimate of drug-likeness (QED) is 0.635. The van der Waals surface area contributed by atoms with Gasteiger partial charge in [0.05, 0.1) is 12.7 Å². The second kappa shape index (κ2) is 4.84. The number of carbonyl (C=O) groups excluding carboxylic acids is 1. The number of carbonyl (C=O) groups is 1. The van der Waals surface area contributed by atoms with E-state index in [-0.39, 0.29) is 5.57 Å². The van der Waals surface area contributed by atoms with Crippen LogP contribution in [0.1, 0.15) is 5.56 Å². The summed E-state index contributed by atoms with van der Waals surface area (Å²) in [5.41, 5.74) is 1.72. The summed E-state index contributed by atoms with van der Waals surface area (Å²) in [6.45, 7) is 3.67. The molecule has 1 aromatic carbocycles. The number of ether oxygens (including phenoxy) is 1. The van der Waals surface area contributed by atoms with Gasteiger partial charge in [-0.05, 0) is 18.2 Å².